The molecule has 0 amide bonds. The molecule has 0 radical (unpaired) electrons. The molecule has 20 heavy (non-hydrogen) atoms. The third kappa shape index (κ3) is 3.95. The number of rotatable bonds is 5. The van der Waals surface area contributed by atoms with Gasteiger partial charge in [-0.1, -0.05) is 46.9 Å². The van der Waals surface area contributed by atoms with Crippen molar-refractivity contribution in [2.24, 2.45) is 0 Å². The summed E-state index contributed by atoms with van der Waals surface area (Å²) in [5.74, 6) is 0.860. The standard InChI is InChI=1S/C15H14Cl3NO/c1-2-20-12-5-3-10(4-6-12)9-19-15-13(17)7-11(16)8-14(15)18/h3-8,19H,2,9H2,1H3. The van der Waals surface area contributed by atoms with Crippen molar-refractivity contribution in [3.63, 3.8) is 0 Å². The van der Waals surface area contributed by atoms with E-state index in [-0.39, 0.29) is 0 Å². The number of halogens is 3. The molecule has 0 bridgehead atoms. The Morgan fingerprint density at radius 3 is 2.15 bits per heavy atom. The first kappa shape index (κ1) is 15.3. The van der Waals surface area contributed by atoms with Crippen LogP contribution in [-0.2, 0) is 6.54 Å². The quantitative estimate of drug-likeness (QED) is 0.764. The van der Waals surface area contributed by atoms with Crippen LogP contribution in [0.3, 0.4) is 0 Å². The zero-order valence-corrected chi connectivity index (χ0v) is 13.2. The summed E-state index contributed by atoms with van der Waals surface area (Å²) >= 11 is 18.1. The zero-order chi connectivity index (χ0) is 14.5. The van der Waals surface area contributed by atoms with E-state index in [2.05, 4.69) is 5.32 Å². The van der Waals surface area contributed by atoms with Crippen molar-refractivity contribution >= 4 is 40.5 Å². The molecule has 0 aliphatic heterocycles. The predicted molar refractivity (Wildman–Crippen MR) is 86.4 cm³/mol. The first-order chi connectivity index (χ1) is 9.60. The zero-order valence-electron chi connectivity index (χ0n) is 10.9. The molecule has 106 valence electrons. The normalized spacial score (nSPS) is 10.4. The molecule has 0 spiro atoms. The molecule has 0 heterocycles. The van der Waals surface area contributed by atoms with Gasteiger partial charge in [0.15, 0.2) is 0 Å². The summed E-state index contributed by atoms with van der Waals surface area (Å²) in [5, 5.41) is 4.75. The van der Waals surface area contributed by atoms with Gasteiger partial charge in [0.05, 0.1) is 22.3 Å². The van der Waals surface area contributed by atoms with Gasteiger partial charge >= 0.3 is 0 Å². The minimum Gasteiger partial charge on any atom is -0.494 e. The third-order valence-corrected chi connectivity index (χ3v) is 3.52. The second kappa shape index (κ2) is 7.07. The van der Waals surface area contributed by atoms with Crippen LogP contribution in [0.1, 0.15) is 12.5 Å². The van der Waals surface area contributed by atoms with Crippen LogP contribution in [0.5, 0.6) is 5.75 Å². The fraction of sp³-hybridized carbons (Fsp3) is 0.200. The van der Waals surface area contributed by atoms with E-state index in [9.17, 15) is 0 Å². The summed E-state index contributed by atoms with van der Waals surface area (Å²) in [4.78, 5) is 0. The number of benzene rings is 2. The SMILES string of the molecule is CCOc1ccc(CNc2c(Cl)cc(Cl)cc2Cl)cc1. The lowest BCUT2D eigenvalue weighted by molar-refractivity contribution is 0.340. The topological polar surface area (TPSA) is 21.3 Å². The van der Waals surface area contributed by atoms with Gasteiger partial charge in [-0.05, 0) is 36.8 Å². The Bertz CT molecular complexity index is 561. The first-order valence-corrected chi connectivity index (χ1v) is 7.33. The molecule has 1 N–H and O–H groups in total. The second-order valence-electron chi connectivity index (χ2n) is 4.17. The fourth-order valence-corrected chi connectivity index (χ4v) is 2.72. The maximum Gasteiger partial charge on any atom is 0.119 e. The molecule has 0 fully saturated rings. The highest BCUT2D eigenvalue weighted by molar-refractivity contribution is 6.41. The van der Waals surface area contributed by atoms with Gasteiger partial charge in [0.25, 0.3) is 0 Å². The van der Waals surface area contributed by atoms with E-state index in [1.54, 1.807) is 12.1 Å². The lowest BCUT2D eigenvalue weighted by Gasteiger charge is -2.11. The number of anilines is 1. The van der Waals surface area contributed by atoms with Crippen LogP contribution in [0.2, 0.25) is 15.1 Å². The van der Waals surface area contributed by atoms with Crippen molar-refractivity contribution in [2.75, 3.05) is 11.9 Å². The molecule has 0 aliphatic rings. The van der Waals surface area contributed by atoms with E-state index in [4.69, 9.17) is 39.5 Å². The largest absolute Gasteiger partial charge is 0.494 e. The second-order valence-corrected chi connectivity index (χ2v) is 5.43. The van der Waals surface area contributed by atoms with Gasteiger partial charge in [0, 0.05) is 11.6 Å². The molecule has 0 saturated carbocycles. The van der Waals surface area contributed by atoms with Crippen LogP contribution >= 0.6 is 34.8 Å². The van der Waals surface area contributed by atoms with Crippen LogP contribution < -0.4 is 10.1 Å². The van der Waals surface area contributed by atoms with Crippen molar-refractivity contribution in [3.8, 4) is 5.75 Å². The fourth-order valence-electron chi connectivity index (χ4n) is 1.77. The molecule has 2 rings (SSSR count). The highest BCUT2D eigenvalue weighted by Gasteiger charge is 2.07. The molecule has 2 aromatic rings. The number of ether oxygens (including phenoxy) is 1. The Hall–Kier alpha value is -1.09. The average molecular weight is 331 g/mol. The van der Waals surface area contributed by atoms with E-state index < -0.39 is 0 Å². The molecule has 0 saturated heterocycles. The monoisotopic (exact) mass is 329 g/mol. The maximum absolute atomic E-state index is 6.12. The van der Waals surface area contributed by atoms with Gasteiger partial charge in [0.2, 0.25) is 0 Å². The Kier molecular flexibility index (Phi) is 5.41. The molecular weight excluding hydrogens is 317 g/mol. The summed E-state index contributed by atoms with van der Waals surface area (Å²) in [6, 6.07) is 11.2. The minimum atomic E-state index is 0.508. The van der Waals surface area contributed by atoms with Crippen molar-refractivity contribution in [2.45, 2.75) is 13.5 Å². The van der Waals surface area contributed by atoms with Gasteiger partial charge in [-0.3, -0.25) is 0 Å². The van der Waals surface area contributed by atoms with E-state index in [0.717, 1.165) is 11.3 Å². The lowest BCUT2D eigenvalue weighted by atomic mass is 10.2. The van der Waals surface area contributed by atoms with Gasteiger partial charge < -0.3 is 10.1 Å². The van der Waals surface area contributed by atoms with Gasteiger partial charge in [-0.2, -0.15) is 0 Å². The van der Waals surface area contributed by atoms with E-state index in [1.807, 2.05) is 31.2 Å². The van der Waals surface area contributed by atoms with E-state index >= 15 is 0 Å². The van der Waals surface area contributed by atoms with E-state index in [0.29, 0.717) is 33.9 Å². The van der Waals surface area contributed by atoms with Crippen molar-refractivity contribution < 1.29 is 4.74 Å². The summed E-state index contributed by atoms with van der Waals surface area (Å²) in [7, 11) is 0. The summed E-state index contributed by atoms with van der Waals surface area (Å²) in [6.07, 6.45) is 0. The Balaban J connectivity index is 2.05. The smallest absolute Gasteiger partial charge is 0.119 e. The van der Waals surface area contributed by atoms with Crippen molar-refractivity contribution in [3.05, 3.63) is 57.0 Å². The van der Waals surface area contributed by atoms with Crippen molar-refractivity contribution in [1.82, 2.24) is 0 Å². The molecular formula is C15H14Cl3NO. The van der Waals surface area contributed by atoms with Gasteiger partial charge in [0.1, 0.15) is 5.75 Å². The molecule has 2 nitrogen and oxygen atoms in total. The molecule has 0 unspecified atom stereocenters. The molecule has 5 heteroatoms. The molecule has 2 aromatic carbocycles. The Morgan fingerprint density at radius 1 is 1.00 bits per heavy atom. The van der Waals surface area contributed by atoms with Crippen LogP contribution in [0.4, 0.5) is 5.69 Å². The van der Waals surface area contributed by atoms with Crippen LogP contribution in [-0.4, -0.2) is 6.61 Å². The molecule has 0 aromatic heterocycles. The van der Waals surface area contributed by atoms with Gasteiger partial charge in [-0.15, -0.1) is 0 Å². The number of hydrogen-bond donors (Lipinski definition) is 1. The summed E-state index contributed by atoms with van der Waals surface area (Å²) in [6.45, 7) is 3.24. The summed E-state index contributed by atoms with van der Waals surface area (Å²) < 4.78 is 5.40. The molecule has 0 atom stereocenters. The number of nitrogens with one attached hydrogen (secondary N) is 1. The number of hydrogen-bond acceptors (Lipinski definition) is 2. The predicted octanol–water partition coefficient (Wildman–Crippen LogP) is 5.66. The van der Waals surface area contributed by atoms with Crippen LogP contribution in [0, 0.1) is 0 Å². The maximum atomic E-state index is 6.12. The summed E-state index contributed by atoms with van der Waals surface area (Å²) in [5.41, 5.74) is 1.79. The van der Waals surface area contributed by atoms with Gasteiger partial charge in [-0.25, -0.2) is 0 Å². The lowest BCUT2D eigenvalue weighted by Crippen LogP contribution is -2.01. The first-order valence-electron chi connectivity index (χ1n) is 6.20. The highest BCUT2D eigenvalue weighted by atomic mass is 35.5. The van der Waals surface area contributed by atoms with Crippen LogP contribution in [0.15, 0.2) is 36.4 Å². The highest BCUT2D eigenvalue weighted by Crippen LogP contribution is 2.33. The van der Waals surface area contributed by atoms with E-state index in [1.165, 1.54) is 0 Å². The average Bonchev–Trinajstić information content (AvgIpc) is 2.39. The minimum absolute atomic E-state index is 0.508. The molecule has 0 aliphatic carbocycles. The third-order valence-electron chi connectivity index (χ3n) is 2.71. The van der Waals surface area contributed by atoms with Crippen LogP contribution in [0.25, 0.3) is 0 Å². The van der Waals surface area contributed by atoms with Crippen molar-refractivity contribution in [1.29, 1.82) is 0 Å². The Morgan fingerprint density at radius 2 is 1.60 bits per heavy atom. The Labute approximate surface area is 133 Å².